The molecule has 3 aliphatic rings. The molecule has 6 N–H and O–H groups in total. The quantitative estimate of drug-likeness (QED) is 0.246. The number of phenolic OH excluding ortho intramolecular Hbond substituents is 1. The van der Waals surface area contributed by atoms with Crippen LogP contribution in [0, 0.1) is 23.7 Å². The Morgan fingerprint density at radius 3 is 2.51 bits per heavy atom. The van der Waals surface area contributed by atoms with Gasteiger partial charge in [0.1, 0.15) is 11.4 Å². The molecule has 14 heteroatoms. The number of ketones is 4. The normalized spacial score (nSPS) is 29.0. The molecule has 2 aromatic rings. The van der Waals surface area contributed by atoms with Crippen LogP contribution in [0.1, 0.15) is 38.4 Å². The molecule has 1 aromatic heterocycles. The average molecular weight is 566 g/mol. The van der Waals surface area contributed by atoms with Crippen LogP contribution in [0.4, 0.5) is 0 Å². The highest BCUT2D eigenvalue weighted by Gasteiger charge is 2.69. The molecule has 214 valence electrons. The fraction of sp³-hybridized carbons (Fsp3) is 0.407. The molecule has 2 saturated carbocycles. The highest BCUT2D eigenvalue weighted by Crippen LogP contribution is 2.51. The van der Waals surface area contributed by atoms with Gasteiger partial charge in [-0.3, -0.25) is 38.5 Å². The van der Waals surface area contributed by atoms with Crippen LogP contribution in [-0.4, -0.2) is 85.8 Å². The van der Waals surface area contributed by atoms with Gasteiger partial charge in [0.25, 0.3) is 11.5 Å². The van der Waals surface area contributed by atoms with E-state index in [9.17, 15) is 43.8 Å². The first-order valence-electron chi connectivity index (χ1n) is 12.8. The van der Waals surface area contributed by atoms with E-state index in [1.54, 1.807) is 0 Å². The summed E-state index contributed by atoms with van der Waals surface area (Å²) in [6, 6.07) is 2.54. The van der Waals surface area contributed by atoms with Crippen LogP contribution in [0.15, 0.2) is 29.3 Å². The molecule has 5 rings (SSSR count). The van der Waals surface area contributed by atoms with Crippen LogP contribution in [-0.2, 0) is 32.1 Å². The number of aromatic amines is 1. The van der Waals surface area contributed by atoms with Crippen molar-refractivity contribution < 1.29 is 39.0 Å². The number of phenols is 1. The lowest BCUT2D eigenvalue weighted by Gasteiger charge is -2.52. The number of aliphatic hydroxyl groups is 1. The summed E-state index contributed by atoms with van der Waals surface area (Å²) in [5, 5.41) is 24.8. The van der Waals surface area contributed by atoms with E-state index < -0.39 is 81.6 Å². The fourth-order valence-electron chi connectivity index (χ4n) is 6.59. The second-order valence-electron chi connectivity index (χ2n) is 10.9. The Hall–Kier alpha value is -4.56. The lowest BCUT2D eigenvalue weighted by atomic mass is 9.52. The molecular formula is C27H27N5O9. The average Bonchev–Trinajstić information content (AvgIpc) is 2.89. The molecule has 3 aliphatic carbocycles. The predicted molar refractivity (Wildman–Crippen MR) is 137 cm³/mol. The summed E-state index contributed by atoms with van der Waals surface area (Å²) in [5.74, 6) is -12.1. The molecule has 0 radical (unpaired) electrons. The minimum Gasteiger partial charge on any atom is -0.507 e. The highest BCUT2D eigenvalue weighted by molar-refractivity contribution is 6.32. The zero-order valence-corrected chi connectivity index (χ0v) is 22.0. The van der Waals surface area contributed by atoms with Crippen molar-refractivity contribution in [3.05, 3.63) is 57.3 Å². The molecule has 2 amide bonds. The molecule has 0 saturated heterocycles. The molecule has 14 nitrogen and oxygen atoms in total. The zero-order chi connectivity index (χ0) is 30.0. The van der Waals surface area contributed by atoms with Gasteiger partial charge in [0.2, 0.25) is 5.91 Å². The molecule has 0 bridgehead atoms. The molecule has 1 heterocycles. The number of fused-ring (bicyclic) bond motifs is 3. The molecule has 41 heavy (non-hydrogen) atoms. The van der Waals surface area contributed by atoms with Crippen molar-refractivity contribution in [3.8, 4) is 5.75 Å². The summed E-state index contributed by atoms with van der Waals surface area (Å²) in [5.41, 5.74) is 2.48. The van der Waals surface area contributed by atoms with Crippen molar-refractivity contribution in [2.75, 3.05) is 14.1 Å². The standard InChI is InChI=1S/C27H27N5O9/c1-32(2)20-13-6-11-5-12-10(8-29-26(40)14-7-16(34)31-9-30-14)3-4-15(33)18(12)21(35)17(11)23(37)27(13,41)24(38)19(22(20)36)25(28)39/h3-4,7,9,11,13,17,19-20,33,41H,5-6,8H2,1-2H3,(H2,28,39)(H,29,40)(H,30,31,34)/t11-,13-,17?,19?,20-,27-/m0/s1. The molecule has 6 atom stereocenters. The highest BCUT2D eigenvalue weighted by atomic mass is 16.3. The smallest absolute Gasteiger partial charge is 0.270 e. The van der Waals surface area contributed by atoms with E-state index in [0.717, 1.165) is 12.4 Å². The first-order valence-corrected chi connectivity index (χ1v) is 12.8. The number of nitrogens with one attached hydrogen (secondary N) is 2. The summed E-state index contributed by atoms with van der Waals surface area (Å²) in [6.07, 6.45) is 1.03. The summed E-state index contributed by atoms with van der Waals surface area (Å²) in [4.78, 5) is 97.7. The van der Waals surface area contributed by atoms with Crippen molar-refractivity contribution in [2.24, 2.45) is 29.4 Å². The minimum atomic E-state index is -2.81. The number of hydrogen-bond acceptors (Lipinski definition) is 11. The summed E-state index contributed by atoms with van der Waals surface area (Å²) in [7, 11) is 3.01. The third-order valence-electron chi connectivity index (χ3n) is 8.39. The number of carbonyl (C=O) groups is 6. The van der Waals surface area contributed by atoms with Gasteiger partial charge in [-0.2, -0.15) is 0 Å². The van der Waals surface area contributed by atoms with Crippen molar-refractivity contribution in [1.29, 1.82) is 0 Å². The van der Waals surface area contributed by atoms with E-state index in [-0.39, 0.29) is 30.6 Å². The van der Waals surface area contributed by atoms with Crippen LogP contribution in [0.25, 0.3) is 0 Å². The number of benzene rings is 1. The summed E-state index contributed by atoms with van der Waals surface area (Å²) in [6.45, 7) is -0.112. The number of rotatable bonds is 5. The maximum absolute atomic E-state index is 13.8. The maximum Gasteiger partial charge on any atom is 0.270 e. The third kappa shape index (κ3) is 4.17. The first-order chi connectivity index (χ1) is 19.3. The number of nitrogens with zero attached hydrogens (tertiary/aromatic N) is 2. The number of likely N-dealkylation sites (N-methyl/N-ethyl adjacent to an activating group) is 1. The monoisotopic (exact) mass is 565 g/mol. The summed E-state index contributed by atoms with van der Waals surface area (Å²) < 4.78 is 0. The van der Waals surface area contributed by atoms with Crippen molar-refractivity contribution >= 4 is 34.9 Å². The van der Waals surface area contributed by atoms with Gasteiger partial charge in [-0.1, -0.05) is 6.07 Å². The Morgan fingerprint density at radius 2 is 1.88 bits per heavy atom. The van der Waals surface area contributed by atoms with Crippen LogP contribution < -0.4 is 16.6 Å². The van der Waals surface area contributed by atoms with Gasteiger partial charge in [0, 0.05) is 18.5 Å². The van der Waals surface area contributed by atoms with Crippen LogP contribution in [0.5, 0.6) is 5.75 Å². The molecule has 1 aromatic carbocycles. The minimum absolute atomic E-state index is 0.0503. The van der Waals surface area contributed by atoms with E-state index in [0.29, 0.717) is 11.1 Å². The van der Waals surface area contributed by atoms with E-state index >= 15 is 0 Å². The van der Waals surface area contributed by atoms with Crippen molar-refractivity contribution in [3.63, 3.8) is 0 Å². The topological polar surface area (TPSA) is 230 Å². The van der Waals surface area contributed by atoms with Crippen LogP contribution in [0.3, 0.4) is 0 Å². The van der Waals surface area contributed by atoms with Gasteiger partial charge < -0.3 is 26.2 Å². The van der Waals surface area contributed by atoms with Gasteiger partial charge in [0.15, 0.2) is 34.7 Å². The van der Waals surface area contributed by atoms with Gasteiger partial charge in [-0.05, 0) is 50.0 Å². The Bertz CT molecular complexity index is 1600. The zero-order valence-electron chi connectivity index (χ0n) is 22.0. The number of H-pyrrole nitrogens is 1. The lowest BCUT2D eigenvalue weighted by molar-refractivity contribution is -0.181. The van der Waals surface area contributed by atoms with E-state index in [4.69, 9.17) is 5.73 Å². The third-order valence-corrected chi connectivity index (χ3v) is 8.39. The number of nitrogens with two attached hydrogens (primary N) is 1. The lowest BCUT2D eigenvalue weighted by Crippen LogP contribution is -2.74. The largest absolute Gasteiger partial charge is 0.507 e. The van der Waals surface area contributed by atoms with Gasteiger partial charge in [0.05, 0.1) is 23.9 Å². The second-order valence-corrected chi connectivity index (χ2v) is 10.9. The van der Waals surface area contributed by atoms with Gasteiger partial charge in [-0.15, -0.1) is 0 Å². The van der Waals surface area contributed by atoms with E-state index in [1.807, 2.05) is 0 Å². The molecule has 2 fully saturated rings. The Labute approximate surface area is 231 Å². The van der Waals surface area contributed by atoms with Crippen LogP contribution in [0.2, 0.25) is 0 Å². The number of primary amides is 1. The molecular weight excluding hydrogens is 538 g/mol. The Balaban J connectivity index is 1.52. The fourth-order valence-corrected chi connectivity index (χ4v) is 6.59. The molecule has 0 spiro atoms. The van der Waals surface area contributed by atoms with E-state index in [1.165, 1.54) is 31.1 Å². The number of hydrogen-bond donors (Lipinski definition) is 5. The van der Waals surface area contributed by atoms with E-state index in [2.05, 4.69) is 15.3 Å². The SMILES string of the molecule is CN(C)[C@@H]1C(=O)C(C(N)=O)C(=O)[C@@]2(O)C(=O)C3C(=O)c4c(O)ccc(CNC(=O)c5cc(=O)[nH]cn5)c4C[C@H]3C[C@@H]12. The van der Waals surface area contributed by atoms with Crippen LogP contribution >= 0.6 is 0 Å². The molecule has 0 aliphatic heterocycles. The molecule has 2 unspecified atom stereocenters. The number of Topliss-reactive ketones (excluding diaryl/α,β-unsaturated/α-hetero) is 4. The second kappa shape index (κ2) is 9.82. The summed E-state index contributed by atoms with van der Waals surface area (Å²) >= 11 is 0. The van der Waals surface area contributed by atoms with Gasteiger partial charge in [-0.25, -0.2) is 4.98 Å². The maximum atomic E-state index is 13.8. The van der Waals surface area contributed by atoms with Crippen molar-refractivity contribution in [2.45, 2.75) is 31.0 Å². The predicted octanol–water partition coefficient (Wildman–Crippen LogP) is -2.12. The number of amides is 2. The number of aromatic nitrogens is 2. The van der Waals surface area contributed by atoms with Gasteiger partial charge >= 0.3 is 0 Å². The number of carbonyl (C=O) groups excluding carboxylic acids is 6. The Morgan fingerprint density at radius 1 is 1.17 bits per heavy atom. The first kappa shape index (κ1) is 28.0. The Kier molecular flexibility index (Phi) is 6.70. The number of aromatic hydroxyl groups is 1. The van der Waals surface area contributed by atoms with Crippen molar-refractivity contribution in [1.82, 2.24) is 20.2 Å².